The molecule has 0 unspecified atom stereocenters. The maximum Gasteiger partial charge on any atom is 0.410 e. The molecule has 3 fully saturated rings. The Bertz CT molecular complexity index is 1500. The lowest BCUT2D eigenvalue weighted by atomic mass is 9.98. The molecule has 13 nitrogen and oxygen atoms in total. The van der Waals surface area contributed by atoms with E-state index in [0.29, 0.717) is 38.7 Å². The van der Waals surface area contributed by atoms with Crippen LogP contribution in [0.1, 0.15) is 81.3 Å². The number of hydrogen-bond acceptors (Lipinski definition) is 12. The minimum Gasteiger partial charge on any atom is -0.464 e. The number of esters is 2. The van der Waals surface area contributed by atoms with Crippen molar-refractivity contribution in [2.24, 2.45) is 0 Å². The molecule has 0 bridgehead atoms. The van der Waals surface area contributed by atoms with Crippen molar-refractivity contribution in [3.63, 3.8) is 0 Å². The van der Waals surface area contributed by atoms with Crippen molar-refractivity contribution >= 4 is 61.3 Å². The lowest BCUT2D eigenvalue weighted by Crippen LogP contribution is -2.58. The van der Waals surface area contributed by atoms with E-state index in [9.17, 15) is 14.4 Å². The summed E-state index contributed by atoms with van der Waals surface area (Å²) < 4.78 is 16.3. The van der Waals surface area contributed by atoms with Gasteiger partial charge in [-0.3, -0.25) is 4.90 Å². The van der Waals surface area contributed by atoms with Gasteiger partial charge in [-0.1, -0.05) is 13.8 Å². The fourth-order valence-electron chi connectivity index (χ4n) is 6.72. The van der Waals surface area contributed by atoms with Gasteiger partial charge in [0.15, 0.2) is 0 Å². The summed E-state index contributed by atoms with van der Waals surface area (Å²) in [6.45, 7) is 17.2. The van der Waals surface area contributed by atoms with Crippen LogP contribution in [0.15, 0.2) is 33.5 Å². The number of hydrogen-bond donors (Lipinski definition) is 1. The van der Waals surface area contributed by atoms with E-state index in [-0.39, 0.29) is 6.09 Å². The Labute approximate surface area is 319 Å². The third kappa shape index (κ3) is 11.0. The molecule has 0 radical (unpaired) electrons. The van der Waals surface area contributed by atoms with Crippen LogP contribution in [-0.4, -0.2) is 128 Å². The van der Waals surface area contributed by atoms with Crippen molar-refractivity contribution in [2.45, 2.75) is 84.0 Å². The molecule has 5 rings (SSSR count). The summed E-state index contributed by atoms with van der Waals surface area (Å²) >= 11 is 6.97. The molecule has 5 heterocycles. The van der Waals surface area contributed by atoms with Crippen LogP contribution >= 0.6 is 31.9 Å². The number of nitrogens with zero attached hydrogens (tertiary/aromatic N) is 6. The van der Waals surface area contributed by atoms with Crippen LogP contribution in [0.5, 0.6) is 0 Å². The molecule has 1 amide bonds. The number of rotatable bonds is 7. The molecule has 3 saturated heterocycles. The normalized spacial score (nSPS) is 20.3. The highest BCUT2D eigenvalue weighted by atomic mass is 79.9. The van der Waals surface area contributed by atoms with E-state index in [1.165, 1.54) is 14.2 Å². The zero-order chi connectivity index (χ0) is 37.3. The van der Waals surface area contributed by atoms with Gasteiger partial charge in [0.25, 0.3) is 0 Å². The number of halogens is 2. The lowest BCUT2D eigenvalue weighted by molar-refractivity contribution is 0.00942. The van der Waals surface area contributed by atoms with Crippen molar-refractivity contribution in [3.8, 4) is 0 Å². The molecule has 0 aliphatic carbocycles. The molecule has 282 valence electrons. The number of anilines is 2. The largest absolute Gasteiger partial charge is 0.464 e. The summed E-state index contributed by atoms with van der Waals surface area (Å²) in [6, 6.07) is 8.67. The average molecular weight is 840 g/mol. The number of carbonyl (C=O) groups excluding carboxylic acids is 3. The first kappa shape index (κ1) is 40.8. The Morgan fingerprint density at radius 2 is 1.35 bits per heavy atom. The number of amides is 1. The first-order valence-electron chi connectivity index (χ1n) is 17.7. The van der Waals surface area contributed by atoms with Gasteiger partial charge in [-0.15, -0.1) is 0 Å². The maximum absolute atomic E-state index is 12.4. The third-order valence-corrected chi connectivity index (χ3v) is 10.6. The molecule has 2 aromatic heterocycles. The molecule has 3 aliphatic rings. The topological polar surface area (TPSA) is 130 Å². The Hall–Kier alpha value is -3.01. The van der Waals surface area contributed by atoms with Crippen LogP contribution in [0.2, 0.25) is 0 Å². The second-order valence-electron chi connectivity index (χ2n) is 13.9. The van der Waals surface area contributed by atoms with Gasteiger partial charge in [0.1, 0.15) is 26.2 Å². The van der Waals surface area contributed by atoms with Crippen LogP contribution in [0.4, 0.5) is 16.2 Å². The second kappa shape index (κ2) is 18.7. The number of pyridine rings is 2. The number of aromatic nitrogens is 2. The molecule has 0 aromatic carbocycles. The van der Waals surface area contributed by atoms with Crippen LogP contribution in [0, 0.1) is 0 Å². The number of nitrogens with one attached hydrogen (secondary N) is 1. The number of methoxy groups -OCH3 is 2. The lowest BCUT2D eigenvalue weighted by Gasteiger charge is -2.48. The number of likely N-dealkylation sites (tertiary alicyclic amines) is 1. The van der Waals surface area contributed by atoms with Crippen molar-refractivity contribution in [1.29, 1.82) is 0 Å². The quantitative estimate of drug-likeness (QED) is 0.207. The monoisotopic (exact) mass is 837 g/mol. The summed E-state index contributed by atoms with van der Waals surface area (Å²) in [5, 5.41) is 3.48. The van der Waals surface area contributed by atoms with Crippen LogP contribution in [0.3, 0.4) is 0 Å². The Morgan fingerprint density at radius 3 is 1.82 bits per heavy atom. The number of carbonyl (C=O) groups is 3. The number of piperidine rings is 1. The van der Waals surface area contributed by atoms with Crippen molar-refractivity contribution in [1.82, 2.24) is 25.1 Å². The SMILES string of the molecule is CC[C@H]1CN(c2ccc(C(=O)OC)nc2Br)CCN1.CC[C@H]1CN(c2ccc(C(=O)OC)nc2Br)CCN1C1CCN(C(=O)OC(C)(C)C)CC1. The predicted octanol–water partition coefficient (Wildman–Crippen LogP) is 5.75. The molecular formula is C36H53Br2N7O6. The zero-order valence-electron chi connectivity index (χ0n) is 30.9. The summed E-state index contributed by atoms with van der Waals surface area (Å²) in [6.07, 6.45) is 3.88. The van der Waals surface area contributed by atoms with E-state index in [1.807, 2.05) is 37.8 Å². The average Bonchev–Trinajstić information content (AvgIpc) is 3.13. The van der Waals surface area contributed by atoms with E-state index >= 15 is 0 Å². The van der Waals surface area contributed by atoms with Crippen molar-refractivity contribution < 1.29 is 28.6 Å². The molecule has 2 atom stereocenters. The van der Waals surface area contributed by atoms with Gasteiger partial charge in [-0.2, -0.15) is 0 Å². The van der Waals surface area contributed by atoms with E-state index < -0.39 is 17.5 Å². The van der Waals surface area contributed by atoms with E-state index in [4.69, 9.17) is 9.47 Å². The highest BCUT2D eigenvalue weighted by molar-refractivity contribution is 9.10. The van der Waals surface area contributed by atoms with Crippen molar-refractivity contribution in [3.05, 3.63) is 44.9 Å². The zero-order valence-corrected chi connectivity index (χ0v) is 34.1. The van der Waals surface area contributed by atoms with E-state index in [1.54, 1.807) is 12.1 Å². The smallest absolute Gasteiger partial charge is 0.410 e. The predicted molar refractivity (Wildman–Crippen MR) is 205 cm³/mol. The highest BCUT2D eigenvalue weighted by Crippen LogP contribution is 2.31. The number of ether oxygens (including phenoxy) is 3. The van der Waals surface area contributed by atoms with Crippen LogP contribution in [-0.2, 0) is 14.2 Å². The Balaban J connectivity index is 0.000000261. The van der Waals surface area contributed by atoms with Gasteiger partial charge in [-0.05, 0) is 103 Å². The van der Waals surface area contributed by atoms with Crippen LogP contribution < -0.4 is 15.1 Å². The molecule has 1 N–H and O–H groups in total. The van der Waals surface area contributed by atoms with Gasteiger partial charge in [0.2, 0.25) is 0 Å². The minimum atomic E-state index is -0.463. The van der Waals surface area contributed by atoms with E-state index in [0.717, 1.165) is 89.4 Å². The maximum atomic E-state index is 12.4. The third-order valence-electron chi connectivity index (χ3n) is 9.46. The molecule has 2 aromatic rings. The fraction of sp³-hybridized carbons (Fsp3) is 0.639. The fourth-order valence-corrected chi connectivity index (χ4v) is 7.87. The summed E-state index contributed by atoms with van der Waals surface area (Å²) in [4.78, 5) is 53.2. The van der Waals surface area contributed by atoms with Gasteiger partial charge in [0.05, 0.1) is 25.6 Å². The van der Waals surface area contributed by atoms with Gasteiger partial charge < -0.3 is 34.2 Å². The first-order valence-corrected chi connectivity index (χ1v) is 19.3. The summed E-state index contributed by atoms with van der Waals surface area (Å²) in [7, 11) is 2.71. The van der Waals surface area contributed by atoms with E-state index in [2.05, 4.69) is 80.4 Å². The number of piperazine rings is 2. The molecule has 15 heteroatoms. The standard InChI is InChI=1S/C23H35BrN4O4.C13H18BrN3O2/c1-6-16-15-27(19-8-7-18(21(29)31-5)25-20(19)24)13-14-28(16)17-9-11-26(12-10-17)22(30)32-23(2,3)4;1-3-9-8-17(7-6-15-9)11-5-4-10(13(18)19-2)16-12(11)14/h7-8,16-17H,6,9-15H2,1-5H3;4-5,9,15H,3,6-8H2,1-2H3/t16-;9-/m00/s1. The minimum absolute atomic E-state index is 0.208. The highest BCUT2D eigenvalue weighted by Gasteiger charge is 2.35. The van der Waals surface area contributed by atoms with Gasteiger partial charge in [-0.25, -0.2) is 24.4 Å². The van der Waals surface area contributed by atoms with Gasteiger partial charge >= 0.3 is 18.0 Å². The Morgan fingerprint density at radius 1 is 0.804 bits per heavy atom. The van der Waals surface area contributed by atoms with Crippen LogP contribution in [0.25, 0.3) is 0 Å². The second-order valence-corrected chi connectivity index (χ2v) is 15.4. The first-order chi connectivity index (χ1) is 24.3. The van der Waals surface area contributed by atoms with Gasteiger partial charge in [0, 0.05) is 70.5 Å². The Kier molecular flexibility index (Phi) is 14.9. The molecule has 3 aliphatic heterocycles. The van der Waals surface area contributed by atoms with Crippen molar-refractivity contribution in [2.75, 3.05) is 76.4 Å². The molecular weight excluding hydrogens is 786 g/mol. The summed E-state index contributed by atoms with van der Waals surface area (Å²) in [5.74, 6) is -0.856. The summed E-state index contributed by atoms with van der Waals surface area (Å²) in [5.41, 5.74) is 2.17. The molecule has 51 heavy (non-hydrogen) atoms. The molecule has 0 saturated carbocycles. The molecule has 0 spiro atoms.